The summed E-state index contributed by atoms with van der Waals surface area (Å²) < 4.78 is 0. The molecule has 15 heavy (non-hydrogen) atoms. The van der Waals surface area contributed by atoms with Gasteiger partial charge in [-0.05, 0) is 32.2 Å². The Kier molecular flexibility index (Phi) is 4.58. The van der Waals surface area contributed by atoms with E-state index in [2.05, 4.69) is 12.2 Å². The van der Waals surface area contributed by atoms with Gasteiger partial charge in [-0.15, -0.1) is 0 Å². The number of nitrogens with two attached hydrogens (primary N) is 1. The average Bonchev–Trinajstić information content (AvgIpc) is 2.17. The van der Waals surface area contributed by atoms with Crippen molar-refractivity contribution >= 4 is 5.91 Å². The van der Waals surface area contributed by atoms with Crippen molar-refractivity contribution in [2.75, 3.05) is 6.54 Å². The Hall–Kier alpha value is -0.570. The van der Waals surface area contributed by atoms with Gasteiger partial charge in [-0.3, -0.25) is 4.79 Å². The van der Waals surface area contributed by atoms with Crippen molar-refractivity contribution in [3.8, 4) is 0 Å². The largest absolute Gasteiger partial charge is 0.351 e. The maximum atomic E-state index is 11.7. The molecule has 3 nitrogen and oxygen atoms in total. The Morgan fingerprint density at radius 2 is 2.00 bits per heavy atom. The van der Waals surface area contributed by atoms with Crippen LogP contribution in [0, 0.1) is 5.92 Å². The fourth-order valence-electron chi connectivity index (χ4n) is 2.24. The van der Waals surface area contributed by atoms with Gasteiger partial charge in [0.2, 0.25) is 5.91 Å². The van der Waals surface area contributed by atoms with Gasteiger partial charge >= 0.3 is 0 Å². The third kappa shape index (κ3) is 4.20. The predicted octanol–water partition coefficient (Wildman–Crippen LogP) is 1.81. The molecule has 1 rings (SSSR count). The Labute approximate surface area is 92.8 Å². The molecule has 1 aliphatic rings. The minimum atomic E-state index is 0.0453. The molecule has 1 atom stereocenters. The zero-order valence-electron chi connectivity index (χ0n) is 10.0. The molecule has 1 amide bonds. The minimum absolute atomic E-state index is 0.0453. The van der Waals surface area contributed by atoms with Crippen molar-refractivity contribution in [3.63, 3.8) is 0 Å². The van der Waals surface area contributed by atoms with Crippen molar-refractivity contribution in [2.45, 2.75) is 57.9 Å². The lowest BCUT2D eigenvalue weighted by Gasteiger charge is -2.34. The molecule has 1 fully saturated rings. The average molecular weight is 212 g/mol. The van der Waals surface area contributed by atoms with Gasteiger partial charge in [0.05, 0.1) is 0 Å². The van der Waals surface area contributed by atoms with E-state index in [4.69, 9.17) is 5.73 Å². The molecule has 3 heteroatoms. The van der Waals surface area contributed by atoms with Gasteiger partial charge in [0.1, 0.15) is 0 Å². The van der Waals surface area contributed by atoms with Gasteiger partial charge in [-0.2, -0.15) is 0 Å². The molecule has 1 aliphatic carbocycles. The molecule has 0 aromatic heterocycles. The highest BCUT2D eigenvalue weighted by molar-refractivity contribution is 5.77. The summed E-state index contributed by atoms with van der Waals surface area (Å²) in [5, 5.41) is 3.17. The normalized spacial score (nSPS) is 22.1. The molecule has 0 saturated heterocycles. The van der Waals surface area contributed by atoms with Crippen molar-refractivity contribution in [1.29, 1.82) is 0 Å². The van der Waals surface area contributed by atoms with Crippen molar-refractivity contribution in [2.24, 2.45) is 11.7 Å². The van der Waals surface area contributed by atoms with Crippen molar-refractivity contribution in [3.05, 3.63) is 0 Å². The number of hydrogen-bond acceptors (Lipinski definition) is 2. The zero-order valence-corrected chi connectivity index (χ0v) is 10.0. The lowest BCUT2D eigenvalue weighted by Crippen LogP contribution is -2.47. The number of carbonyl (C=O) groups excluding carboxylic acids is 1. The summed E-state index contributed by atoms with van der Waals surface area (Å²) in [6.45, 7) is 4.77. The third-order valence-corrected chi connectivity index (χ3v) is 3.33. The highest BCUT2D eigenvalue weighted by Gasteiger charge is 2.28. The van der Waals surface area contributed by atoms with Crippen LogP contribution >= 0.6 is 0 Å². The molecule has 1 saturated carbocycles. The number of amides is 1. The Morgan fingerprint density at radius 3 is 2.53 bits per heavy atom. The van der Waals surface area contributed by atoms with Crippen LogP contribution in [0.3, 0.4) is 0 Å². The highest BCUT2D eigenvalue weighted by Crippen LogP contribution is 2.27. The molecule has 0 radical (unpaired) electrons. The zero-order chi connectivity index (χ0) is 11.3. The van der Waals surface area contributed by atoms with Gasteiger partial charge in [0, 0.05) is 12.0 Å². The summed E-state index contributed by atoms with van der Waals surface area (Å²) in [5.74, 6) is 0.453. The second-order valence-corrected chi connectivity index (χ2v) is 5.21. The van der Waals surface area contributed by atoms with Crippen LogP contribution < -0.4 is 11.1 Å². The van der Waals surface area contributed by atoms with E-state index in [0.29, 0.717) is 13.0 Å². The minimum Gasteiger partial charge on any atom is -0.351 e. The van der Waals surface area contributed by atoms with E-state index in [1.165, 1.54) is 19.3 Å². The summed E-state index contributed by atoms with van der Waals surface area (Å²) in [7, 11) is 0. The van der Waals surface area contributed by atoms with Gasteiger partial charge in [-0.25, -0.2) is 0 Å². The van der Waals surface area contributed by atoms with E-state index in [-0.39, 0.29) is 17.4 Å². The topological polar surface area (TPSA) is 55.1 Å². The van der Waals surface area contributed by atoms with Crippen LogP contribution in [0.2, 0.25) is 0 Å². The number of rotatable bonds is 4. The van der Waals surface area contributed by atoms with Gasteiger partial charge in [-0.1, -0.05) is 26.2 Å². The lowest BCUT2D eigenvalue weighted by atomic mass is 9.83. The molecule has 0 aromatic rings. The molecule has 3 N–H and O–H groups in total. The summed E-state index contributed by atoms with van der Waals surface area (Å²) in [6.07, 6.45) is 6.59. The van der Waals surface area contributed by atoms with Gasteiger partial charge in [0.15, 0.2) is 0 Å². The van der Waals surface area contributed by atoms with Crippen LogP contribution in [0.4, 0.5) is 0 Å². The van der Waals surface area contributed by atoms with E-state index in [0.717, 1.165) is 12.8 Å². The number of carbonyl (C=O) groups is 1. The van der Waals surface area contributed by atoms with Crippen LogP contribution in [0.5, 0.6) is 0 Å². The smallest absolute Gasteiger partial charge is 0.220 e. The molecule has 88 valence electrons. The van der Waals surface area contributed by atoms with Crippen LogP contribution in [0.25, 0.3) is 0 Å². The van der Waals surface area contributed by atoms with Crippen LogP contribution in [0.1, 0.15) is 52.4 Å². The van der Waals surface area contributed by atoms with E-state index < -0.39 is 0 Å². The maximum Gasteiger partial charge on any atom is 0.220 e. The fraction of sp³-hybridized carbons (Fsp3) is 0.917. The summed E-state index contributed by atoms with van der Waals surface area (Å²) in [4.78, 5) is 11.7. The first-order chi connectivity index (χ1) is 7.06. The Balaban J connectivity index is 2.35. The molecular weight excluding hydrogens is 188 g/mol. The Bertz CT molecular complexity index is 210. The number of nitrogens with one attached hydrogen (secondary N) is 1. The second kappa shape index (κ2) is 5.50. The first-order valence-corrected chi connectivity index (χ1v) is 6.07. The van der Waals surface area contributed by atoms with E-state index in [9.17, 15) is 4.79 Å². The summed E-state index contributed by atoms with van der Waals surface area (Å²) >= 11 is 0. The van der Waals surface area contributed by atoms with E-state index in [1.54, 1.807) is 0 Å². The van der Waals surface area contributed by atoms with Gasteiger partial charge in [0.25, 0.3) is 0 Å². The second-order valence-electron chi connectivity index (χ2n) is 5.21. The molecule has 0 spiro atoms. The highest BCUT2D eigenvalue weighted by atomic mass is 16.1. The van der Waals surface area contributed by atoms with E-state index >= 15 is 0 Å². The SMILES string of the molecule is CC(CN)CC(=O)NC1(C)CCCCC1. The summed E-state index contributed by atoms with van der Waals surface area (Å²) in [6, 6.07) is 0. The standard InChI is InChI=1S/C12H24N2O/c1-10(9-13)8-11(15)14-12(2)6-4-3-5-7-12/h10H,3-9,13H2,1-2H3,(H,14,15). The van der Waals surface area contributed by atoms with Crippen LogP contribution in [-0.2, 0) is 4.79 Å². The first-order valence-electron chi connectivity index (χ1n) is 6.07. The molecule has 1 unspecified atom stereocenters. The predicted molar refractivity (Wildman–Crippen MR) is 62.5 cm³/mol. The molecular formula is C12H24N2O. The summed E-state index contributed by atoms with van der Waals surface area (Å²) in [5.41, 5.74) is 5.55. The van der Waals surface area contributed by atoms with Crippen molar-refractivity contribution in [1.82, 2.24) is 5.32 Å². The quantitative estimate of drug-likeness (QED) is 0.746. The maximum absolute atomic E-state index is 11.7. The molecule has 0 aliphatic heterocycles. The first kappa shape index (κ1) is 12.5. The fourth-order valence-corrected chi connectivity index (χ4v) is 2.24. The van der Waals surface area contributed by atoms with Crippen LogP contribution in [0.15, 0.2) is 0 Å². The van der Waals surface area contributed by atoms with E-state index in [1.807, 2.05) is 6.92 Å². The van der Waals surface area contributed by atoms with Crippen LogP contribution in [-0.4, -0.2) is 18.0 Å². The monoisotopic (exact) mass is 212 g/mol. The molecule has 0 bridgehead atoms. The third-order valence-electron chi connectivity index (χ3n) is 3.33. The molecule has 0 aromatic carbocycles. The molecule has 0 heterocycles. The van der Waals surface area contributed by atoms with Crippen molar-refractivity contribution < 1.29 is 4.79 Å². The number of hydrogen-bond donors (Lipinski definition) is 2. The Morgan fingerprint density at radius 1 is 1.40 bits per heavy atom. The van der Waals surface area contributed by atoms with Gasteiger partial charge < -0.3 is 11.1 Å². The lowest BCUT2D eigenvalue weighted by molar-refractivity contribution is -0.124.